The van der Waals surface area contributed by atoms with Gasteiger partial charge in [-0.1, -0.05) is 18.2 Å². The number of aryl methyl sites for hydroxylation is 1. The molecule has 6 heteroatoms. The van der Waals surface area contributed by atoms with Gasteiger partial charge in [0.05, 0.1) is 19.4 Å². The molecule has 1 aliphatic heterocycles. The Labute approximate surface area is 165 Å². The summed E-state index contributed by atoms with van der Waals surface area (Å²) in [5.74, 6) is 1.41. The molecule has 0 aliphatic carbocycles. The number of amides is 2. The number of ether oxygens (including phenoxy) is 2. The smallest absolute Gasteiger partial charge is 0.227 e. The number of para-hydroxylation sites is 1. The molecule has 1 fully saturated rings. The molecule has 0 spiro atoms. The summed E-state index contributed by atoms with van der Waals surface area (Å²) >= 11 is 0. The van der Waals surface area contributed by atoms with Crippen LogP contribution < -0.4 is 19.7 Å². The fourth-order valence-electron chi connectivity index (χ4n) is 3.36. The van der Waals surface area contributed by atoms with Gasteiger partial charge in [-0.15, -0.1) is 0 Å². The van der Waals surface area contributed by atoms with Crippen LogP contribution in [0, 0.1) is 0 Å². The second-order valence-corrected chi connectivity index (χ2v) is 6.62. The molecular weight excluding hydrogens is 356 g/mol. The lowest BCUT2D eigenvalue weighted by atomic mass is 10.1. The first-order chi connectivity index (χ1) is 13.6. The molecule has 2 aromatic rings. The van der Waals surface area contributed by atoms with E-state index in [-0.39, 0.29) is 11.8 Å². The molecule has 1 aliphatic rings. The van der Waals surface area contributed by atoms with Gasteiger partial charge in [-0.3, -0.25) is 9.59 Å². The van der Waals surface area contributed by atoms with Crippen LogP contribution in [-0.4, -0.2) is 32.1 Å². The molecule has 0 atom stereocenters. The normalized spacial score (nSPS) is 13.5. The number of nitrogens with zero attached hydrogens (tertiary/aromatic N) is 1. The average Bonchev–Trinajstić information content (AvgIpc) is 3.13. The summed E-state index contributed by atoms with van der Waals surface area (Å²) in [5.41, 5.74) is 2.41. The Hall–Kier alpha value is -3.02. The maximum atomic E-state index is 12.4. The molecule has 1 saturated heterocycles. The van der Waals surface area contributed by atoms with Crippen molar-refractivity contribution in [3.05, 3.63) is 48.0 Å². The lowest BCUT2D eigenvalue weighted by Crippen LogP contribution is -2.24. The quantitative estimate of drug-likeness (QED) is 0.754. The number of anilines is 2. The molecule has 1 heterocycles. The number of methoxy groups -OCH3 is 1. The van der Waals surface area contributed by atoms with E-state index >= 15 is 0 Å². The third-order valence-electron chi connectivity index (χ3n) is 4.72. The fourth-order valence-corrected chi connectivity index (χ4v) is 3.36. The minimum Gasteiger partial charge on any atom is -0.494 e. The van der Waals surface area contributed by atoms with Crippen LogP contribution >= 0.6 is 0 Å². The molecule has 1 N–H and O–H groups in total. The number of rotatable bonds is 8. The van der Waals surface area contributed by atoms with E-state index in [1.54, 1.807) is 24.1 Å². The highest BCUT2D eigenvalue weighted by atomic mass is 16.5. The predicted octanol–water partition coefficient (Wildman–Crippen LogP) is 3.79. The van der Waals surface area contributed by atoms with E-state index in [1.165, 1.54) is 0 Å². The van der Waals surface area contributed by atoms with Gasteiger partial charge in [-0.05, 0) is 43.5 Å². The second-order valence-electron chi connectivity index (χ2n) is 6.62. The summed E-state index contributed by atoms with van der Waals surface area (Å²) in [6, 6.07) is 13.1. The van der Waals surface area contributed by atoms with Crippen LogP contribution in [0.4, 0.5) is 11.4 Å². The zero-order valence-corrected chi connectivity index (χ0v) is 16.4. The molecule has 0 saturated carbocycles. The van der Waals surface area contributed by atoms with E-state index in [0.29, 0.717) is 43.9 Å². The number of benzene rings is 2. The van der Waals surface area contributed by atoms with Crippen molar-refractivity contribution < 1.29 is 19.1 Å². The molecule has 28 heavy (non-hydrogen) atoms. The Morgan fingerprint density at radius 1 is 1.18 bits per heavy atom. The Bertz CT molecular complexity index is 850. The van der Waals surface area contributed by atoms with E-state index in [9.17, 15) is 9.59 Å². The van der Waals surface area contributed by atoms with Crippen molar-refractivity contribution in [2.75, 3.05) is 30.5 Å². The highest BCUT2D eigenvalue weighted by Crippen LogP contribution is 2.34. The summed E-state index contributed by atoms with van der Waals surface area (Å²) in [6.45, 7) is 3.23. The minimum atomic E-state index is -0.0849. The van der Waals surface area contributed by atoms with E-state index in [1.807, 2.05) is 37.3 Å². The highest BCUT2D eigenvalue weighted by molar-refractivity contribution is 5.98. The number of hydrogen-bond donors (Lipinski definition) is 1. The van der Waals surface area contributed by atoms with Crippen molar-refractivity contribution in [1.29, 1.82) is 0 Å². The predicted molar refractivity (Wildman–Crippen MR) is 109 cm³/mol. The van der Waals surface area contributed by atoms with Crippen LogP contribution in [0.1, 0.15) is 31.7 Å². The number of carbonyl (C=O) groups is 2. The second kappa shape index (κ2) is 9.26. The van der Waals surface area contributed by atoms with Crippen molar-refractivity contribution in [3.8, 4) is 11.5 Å². The molecule has 2 aromatic carbocycles. The van der Waals surface area contributed by atoms with Crippen molar-refractivity contribution in [2.45, 2.75) is 32.6 Å². The summed E-state index contributed by atoms with van der Waals surface area (Å²) in [6.07, 6.45) is 2.35. The van der Waals surface area contributed by atoms with Crippen LogP contribution in [0.15, 0.2) is 42.5 Å². The maximum Gasteiger partial charge on any atom is 0.227 e. The van der Waals surface area contributed by atoms with E-state index < -0.39 is 0 Å². The summed E-state index contributed by atoms with van der Waals surface area (Å²) in [4.78, 5) is 26.1. The number of nitrogens with one attached hydrogen (secondary N) is 1. The van der Waals surface area contributed by atoms with Gasteiger partial charge in [0.15, 0.2) is 0 Å². The van der Waals surface area contributed by atoms with Gasteiger partial charge in [0.25, 0.3) is 0 Å². The standard InChI is InChI=1S/C22H26N2O4/c1-3-28-19-8-5-4-7-16(19)10-13-21(25)23-17-11-12-18(20(15-17)27-2)24-14-6-9-22(24)26/h4-5,7-8,11-12,15H,3,6,9-10,13-14H2,1-2H3,(H,23,25). The zero-order chi connectivity index (χ0) is 19.9. The SMILES string of the molecule is CCOc1ccccc1CCC(=O)Nc1ccc(N2CCCC2=O)c(OC)c1. The largest absolute Gasteiger partial charge is 0.494 e. The summed E-state index contributed by atoms with van der Waals surface area (Å²) in [5, 5.41) is 2.90. The monoisotopic (exact) mass is 382 g/mol. The van der Waals surface area contributed by atoms with Gasteiger partial charge in [-0.25, -0.2) is 0 Å². The van der Waals surface area contributed by atoms with Gasteiger partial charge in [0.1, 0.15) is 11.5 Å². The van der Waals surface area contributed by atoms with Crippen LogP contribution in [0.25, 0.3) is 0 Å². The molecule has 2 amide bonds. The first-order valence-electron chi connectivity index (χ1n) is 9.61. The topological polar surface area (TPSA) is 67.9 Å². The van der Waals surface area contributed by atoms with E-state index in [4.69, 9.17) is 9.47 Å². The van der Waals surface area contributed by atoms with Crippen LogP contribution in [-0.2, 0) is 16.0 Å². The fraction of sp³-hybridized carbons (Fsp3) is 0.364. The van der Waals surface area contributed by atoms with E-state index in [0.717, 1.165) is 23.4 Å². The lowest BCUT2D eigenvalue weighted by Gasteiger charge is -2.19. The Kier molecular flexibility index (Phi) is 6.53. The van der Waals surface area contributed by atoms with Gasteiger partial charge in [-0.2, -0.15) is 0 Å². The highest BCUT2D eigenvalue weighted by Gasteiger charge is 2.24. The first-order valence-corrected chi connectivity index (χ1v) is 9.61. The van der Waals surface area contributed by atoms with Crippen LogP contribution in [0.5, 0.6) is 11.5 Å². The summed E-state index contributed by atoms with van der Waals surface area (Å²) in [7, 11) is 1.57. The minimum absolute atomic E-state index is 0.0849. The van der Waals surface area contributed by atoms with Gasteiger partial charge < -0.3 is 19.7 Å². The number of carbonyl (C=O) groups excluding carboxylic acids is 2. The van der Waals surface area contributed by atoms with E-state index in [2.05, 4.69) is 5.32 Å². The van der Waals surface area contributed by atoms with Crippen molar-refractivity contribution in [1.82, 2.24) is 0 Å². The average molecular weight is 382 g/mol. The molecule has 0 bridgehead atoms. The van der Waals surface area contributed by atoms with Crippen LogP contribution in [0.3, 0.4) is 0 Å². The van der Waals surface area contributed by atoms with Crippen molar-refractivity contribution in [2.24, 2.45) is 0 Å². The summed E-state index contributed by atoms with van der Waals surface area (Å²) < 4.78 is 11.0. The third-order valence-corrected chi connectivity index (χ3v) is 4.72. The molecule has 0 aromatic heterocycles. The Morgan fingerprint density at radius 2 is 2.00 bits per heavy atom. The van der Waals surface area contributed by atoms with Gasteiger partial charge in [0.2, 0.25) is 11.8 Å². The molecule has 0 unspecified atom stereocenters. The molecule has 148 valence electrons. The molecular formula is C22H26N2O4. The van der Waals surface area contributed by atoms with Crippen LogP contribution in [0.2, 0.25) is 0 Å². The lowest BCUT2D eigenvalue weighted by molar-refractivity contribution is -0.117. The third kappa shape index (κ3) is 4.63. The molecule has 6 nitrogen and oxygen atoms in total. The number of hydrogen-bond acceptors (Lipinski definition) is 4. The van der Waals surface area contributed by atoms with Gasteiger partial charge >= 0.3 is 0 Å². The molecule has 3 rings (SSSR count). The first kappa shape index (κ1) is 19.7. The zero-order valence-electron chi connectivity index (χ0n) is 16.4. The maximum absolute atomic E-state index is 12.4. The Balaban J connectivity index is 1.63. The Morgan fingerprint density at radius 3 is 2.71 bits per heavy atom. The molecule has 0 radical (unpaired) electrons. The van der Waals surface area contributed by atoms with Gasteiger partial charge in [0, 0.05) is 31.1 Å². The van der Waals surface area contributed by atoms with Crippen molar-refractivity contribution in [3.63, 3.8) is 0 Å². The van der Waals surface area contributed by atoms with Crippen molar-refractivity contribution >= 4 is 23.2 Å².